The van der Waals surface area contributed by atoms with Crippen LogP contribution in [0.4, 0.5) is 0 Å². The van der Waals surface area contributed by atoms with Crippen molar-refractivity contribution in [3.05, 3.63) is 188 Å². The van der Waals surface area contributed by atoms with Crippen molar-refractivity contribution in [2.24, 2.45) is 7.05 Å². The molecule has 0 bridgehead atoms. The number of nitrogens with zero attached hydrogens (tertiary/aromatic N) is 4. The van der Waals surface area contributed by atoms with E-state index in [0.717, 1.165) is 61.2 Å². The van der Waals surface area contributed by atoms with Crippen LogP contribution in [-0.4, -0.2) is 27.2 Å². The minimum atomic E-state index is -2.98. The van der Waals surface area contributed by atoms with Gasteiger partial charge in [-0.2, -0.15) is 0 Å². The van der Waals surface area contributed by atoms with Gasteiger partial charge < -0.3 is 8.98 Å². The Morgan fingerprint density at radius 3 is 1.98 bits per heavy atom. The van der Waals surface area contributed by atoms with E-state index in [1.807, 2.05) is 18.3 Å². The van der Waals surface area contributed by atoms with Crippen molar-refractivity contribution in [1.82, 2.24) is 19.1 Å². The summed E-state index contributed by atoms with van der Waals surface area (Å²) in [6.45, 7) is 0. The van der Waals surface area contributed by atoms with Gasteiger partial charge in [-0.05, 0) is 69.3 Å². The zero-order valence-corrected chi connectivity index (χ0v) is 31.1. The number of aromatic nitrogens is 4. The molecule has 7 aromatic carbocycles. The van der Waals surface area contributed by atoms with E-state index in [0.29, 0.717) is 0 Å². The first kappa shape index (κ1) is 31.5. The van der Waals surface area contributed by atoms with Crippen molar-refractivity contribution < 1.29 is 4.42 Å². The van der Waals surface area contributed by atoms with E-state index < -0.39 is 8.07 Å². The van der Waals surface area contributed by atoms with Gasteiger partial charge in [-0.3, -0.25) is 4.57 Å². The Morgan fingerprint density at radius 2 is 1.20 bits per heavy atom. The van der Waals surface area contributed by atoms with Crippen LogP contribution in [0, 0.1) is 0 Å². The Hall–Kier alpha value is -7.02. The molecule has 0 saturated carbocycles. The lowest BCUT2D eigenvalue weighted by atomic mass is 10.1. The molecule has 0 aliphatic carbocycles. The summed E-state index contributed by atoms with van der Waals surface area (Å²) in [7, 11) is -0.872. The van der Waals surface area contributed by atoms with Crippen LogP contribution in [0.5, 0.6) is 0 Å². The Balaban J connectivity index is 1.26. The van der Waals surface area contributed by atoms with Gasteiger partial charge in [0.15, 0.2) is 8.07 Å². The van der Waals surface area contributed by atoms with Crippen molar-refractivity contribution >= 4 is 83.6 Å². The minimum Gasteiger partial charge on any atom is -0.456 e. The maximum Gasteiger partial charge on any atom is 0.179 e. The molecule has 0 radical (unpaired) electrons. The first-order chi connectivity index (χ1) is 27.2. The molecule has 0 fully saturated rings. The number of rotatable bonds is 6. The van der Waals surface area contributed by atoms with Gasteiger partial charge in [0.25, 0.3) is 0 Å². The Kier molecular flexibility index (Phi) is 7.02. The molecule has 260 valence electrons. The number of furan rings is 1. The van der Waals surface area contributed by atoms with Crippen LogP contribution < -0.4 is 20.7 Å². The number of para-hydroxylation sites is 3. The summed E-state index contributed by atoms with van der Waals surface area (Å²) in [5.41, 5.74) is 7.18. The monoisotopic (exact) mass is 722 g/mol. The van der Waals surface area contributed by atoms with Crippen LogP contribution in [0.1, 0.15) is 0 Å². The first-order valence-electron chi connectivity index (χ1n) is 18.6. The van der Waals surface area contributed by atoms with Gasteiger partial charge in [0.2, 0.25) is 0 Å². The summed E-state index contributed by atoms with van der Waals surface area (Å²) >= 11 is 0. The number of benzene rings is 7. The molecule has 55 heavy (non-hydrogen) atoms. The SMILES string of the molecule is Cn1c(-c2cccc([Si](c3ccccc3)(c3ccccc3)c3ccc4c5c6c(ccc5n(-c5ccccn5)c4c3)oc3ccccc36)c2)nc2ccccc21. The number of fused-ring (bicyclic) bond motifs is 8. The second kappa shape index (κ2) is 12.3. The molecule has 4 aromatic heterocycles. The van der Waals surface area contributed by atoms with Gasteiger partial charge in [-0.25, -0.2) is 9.97 Å². The molecular formula is C49H34N4OSi. The second-order valence-corrected chi connectivity index (χ2v) is 18.0. The fourth-order valence-electron chi connectivity index (χ4n) is 8.96. The molecule has 0 atom stereocenters. The molecule has 0 saturated heterocycles. The van der Waals surface area contributed by atoms with Crippen LogP contribution in [0.15, 0.2) is 193 Å². The average Bonchev–Trinajstić information content (AvgIpc) is 3.91. The molecule has 0 aliphatic rings. The molecule has 0 unspecified atom stereocenters. The van der Waals surface area contributed by atoms with Crippen LogP contribution >= 0.6 is 0 Å². The van der Waals surface area contributed by atoms with Crippen molar-refractivity contribution in [2.45, 2.75) is 0 Å². The van der Waals surface area contributed by atoms with Gasteiger partial charge in [-0.1, -0.05) is 133 Å². The lowest BCUT2D eigenvalue weighted by molar-refractivity contribution is 0.669. The molecule has 0 spiro atoms. The van der Waals surface area contributed by atoms with Crippen LogP contribution in [-0.2, 0) is 7.05 Å². The van der Waals surface area contributed by atoms with E-state index >= 15 is 0 Å². The lowest BCUT2D eigenvalue weighted by Crippen LogP contribution is -2.74. The molecule has 11 aromatic rings. The maximum absolute atomic E-state index is 6.43. The third-order valence-electron chi connectivity index (χ3n) is 11.3. The fourth-order valence-corrected chi connectivity index (χ4v) is 13.7. The maximum atomic E-state index is 6.43. The summed E-state index contributed by atoms with van der Waals surface area (Å²) in [4.78, 5) is 10.1. The minimum absolute atomic E-state index is 0.877. The van der Waals surface area contributed by atoms with Crippen molar-refractivity contribution in [3.8, 4) is 17.2 Å². The Morgan fingerprint density at radius 1 is 0.491 bits per heavy atom. The van der Waals surface area contributed by atoms with E-state index in [-0.39, 0.29) is 0 Å². The molecule has 11 rings (SSSR count). The number of imidazole rings is 1. The van der Waals surface area contributed by atoms with Gasteiger partial charge in [0.05, 0.1) is 22.1 Å². The molecule has 6 heteroatoms. The van der Waals surface area contributed by atoms with Crippen LogP contribution in [0.25, 0.3) is 72.0 Å². The summed E-state index contributed by atoms with van der Waals surface area (Å²) < 4.78 is 11.0. The highest BCUT2D eigenvalue weighted by Crippen LogP contribution is 2.41. The summed E-state index contributed by atoms with van der Waals surface area (Å²) in [6, 6.07) is 65.7. The zero-order chi connectivity index (χ0) is 36.5. The van der Waals surface area contributed by atoms with Gasteiger partial charge in [-0.15, -0.1) is 0 Å². The smallest absolute Gasteiger partial charge is 0.179 e. The van der Waals surface area contributed by atoms with Crippen molar-refractivity contribution in [2.75, 3.05) is 0 Å². The van der Waals surface area contributed by atoms with Crippen molar-refractivity contribution in [1.29, 1.82) is 0 Å². The molecule has 5 nitrogen and oxygen atoms in total. The number of aryl methyl sites for hydroxylation is 1. The van der Waals surface area contributed by atoms with E-state index in [1.54, 1.807) is 0 Å². The van der Waals surface area contributed by atoms with Crippen LogP contribution in [0.3, 0.4) is 0 Å². The van der Waals surface area contributed by atoms with Gasteiger partial charge >= 0.3 is 0 Å². The molecular weight excluding hydrogens is 689 g/mol. The summed E-state index contributed by atoms with van der Waals surface area (Å²) in [5, 5.41) is 9.78. The van der Waals surface area contributed by atoms with E-state index in [1.165, 1.54) is 31.5 Å². The fraction of sp³-hybridized carbons (Fsp3) is 0.0204. The topological polar surface area (TPSA) is 48.8 Å². The number of hydrogen-bond donors (Lipinski definition) is 0. The predicted molar refractivity (Wildman–Crippen MR) is 229 cm³/mol. The van der Waals surface area contributed by atoms with E-state index in [4.69, 9.17) is 14.4 Å². The molecule has 0 aliphatic heterocycles. The second-order valence-electron chi connectivity index (χ2n) is 14.2. The molecule has 0 N–H and O–H groups in total. The van der Waals surface area contributed by atoms with Crippen LogP contribution in [0.2, 0.25) is 0 Å². The Labute approximate surface area is 318 Å². The summed E-state index contributed by atoms with van der Waals surface area (Å²) in [6.07, 6.45) is 1.88. The van der Waals surface area contributed by atoms with E-state index in [2.05, 4.69) is 186 Å². The summed E-state index contributed by atoms with van der Waals surface area (Å²) in [5.74, 6) is 1.83. The first-order valence-corrected chi connectivity index (χ1v) is 20.6. The lowest BCUT2D eigenvalue weighted by Gasteiger charge is -2.34. The third-order valence-corrected chi connectivity index (χ3v) is 16.1. The third kappa shape index (κ3) is 4.65. The van der Waals surface area contributed by atoms with Crippen molar-refractivity contribution in [3.63, 3.8) is 0 Å². The standard InChI is InChI=1S/C49H34N4OSi/c1-52-41-23-10-9-22-40(41)51-49(52)33-15-14-20-36(31-33)55(34-16-4-2-5-17-34,35-18-6-3-7-19-35)37-26-27-38-43(32-37)53(46-25-12-13-30-50-46)42-28-29-45-48(47(38)42)39-21-8-11-24-44(39)54-45/h2-32H,1H3. The van der Waals surface area contributed by atoms with Gasteiger partial charge in [0, 0.05) is 40.4 Å². The highest BCUT2D eigenvalue weighted by molar-refractivity contribution is 7.20. The number of pyridine rings is 1. The quantitative estimate of drug-likeness (QED) is 0.127. The van der Waals surface area contributed by atoms with Gasteiger partial charge in [0.1, 0.15) is 22.8 Å². The highest BCUT2D eigenvalue weighted by Gasteiger charge is 2.42. The molecule has 4 heterocycles. The highest BCUT2D eigenvalue weighted by atomic mass is 28.3. The predicted octanol–water partition coefficient (Wildman–Crippen LogP) is 9.01. The van der Waals surface area contributed by atoms with E-state index in [9.17, 15) is 0 Å². The average molecular weight is 723 g/mol. The normalized spacial score (nSPS) is 12.1. The largest absolute Gasteiger partial charge is 0.456 e. The molecule has 0 amide bonds. The Bertz CT molecular complexity index is 3180. The zero-order valence-electron chi connectivity index (χ0n) is 30.1. The number of hydrogen-bond acceptors (Lipinski definition) is 3.